The average Bonchev–Trinajstić information content (AvgIpc) is 3.07. The monoisotopic (exact) mass is 323 g/mol. The van der Waals surface area contributed by atoms with Crippen LogP contribution in [0.15, 0.2) is 18.2 Å². The van der Waals surface area contributed by atoms with Crippen LogP contribution in [0.4, 0.5) is 0 Å². The van der Waals surface area contributed by atoms with E-state index in [0.717, 1.165) is 23.3 Å². The predicted octanol–water partition coefficient (Wildman–Crippen LogP) is 0.509. The van der Waals surface area contributed by atoms with Gasteiger partial charge in [0.2, 0.25) is 5.82 Å². The molecule has 7 heteroatoms. The smallest absolute Gasteiger partial charge is 0.286 e. The SMILES string of the molecule is NC(=O)c1n[c]c2c(n1)CN(C(=O)c1ccc3c(c1)CCO3)CC2. The summed E-state index contributed by atoms with van der Waals surface area (Å²) >= 11 is 0. The zero-order valence-electron chi connectivity index (χ0n) is 12.9. The van der Waals surface area contributed by atoms with Crippen molar-refractivity contribution in [2.75, 3.05) is 13.2 Å². The van der Waals surface area contributed by atoms with Gasteiger partial charge in [-0.15, -0.1) is 0 Å². The molecule has 7 nitrogen and oxygen atoms in total. The van der Waals surface area contributed by atoms with Gasteiger partial charge in [0.25, 0.3) is 11.8 Å². The molecule has 1 aromatic carbocycles. The van der Waals surface area contributed by atoms with Gasteiger partial charge in [0.05, 0.1) is 25.0 Å². The molecule has 3 heterocycles. The summed E-state index contributed by atoms with van der Waals surface area (Å²) in [6, 6.07) is 5.51. The lowest BCUT2D eigenvalue weighted by atomic mass is 10.0. The van der Waals surface area contributed by atoms with Gasteiger partial charge in [-0.2, -0.15) is 0 Å². The molecule has 0 unspecified atom stereocenters. The van der Waals surface area contributed by atoms with Gasteiger partial charge < -0.3 is 15.4 Å². The number of nitrogens with zero attached hydrogens (tertiary/aromatic N) is 3. The third-order valence-electron chi connectivity index (χ3n) is 4.30. The molecular weight excluding hydrogens is 308 g/mol. The number of hydrogen-bond acceptors (Lipinski definition) is 5. The molecule has 24 heavy (non-hydrogen) atoms. The minimum Gasteiger partial charge on any atom is -0.493 e. The van der Waals surface area contributed by atoms with Crippen molar-refractivity contribution in [1.82, 2.24) is 14.9 Å². The van der Waals surface area contributed by atoms with Gasteiger partial charge in [-0.05, 0) is 30.2 Å². The van der Waals surface area contributed by atoms with Gasteiger partial charge in [0, 0.05) is 24.1 Å². The third-order valence-corrected chi connectivity index (χ3v) is 4.30. The second-order valence-electron chi connectivity index (χ2n) is 5.85. The number of carbonyl (C=O) groups excluding carboxylic acids is 2. The van der Waals surface area contributed by atoms with E-state index in [9.17, 15) is 9.59 Å². The normalized spacial score (nSPS) is 15.4. The highest BCUT2D eigenvalue weighted by Gasteiger charge is 2.25. The molecule has 0 atom stereocenters. The van der Waals surface area contributed by atoms with Gasteiger partial charge in [-0.1, -0.05) is 0 Å². The Balaban J connectivity index is 1.58. The largest absolute Gasteiger partial charge is 0.493 e. The first-order valence-electron chi connectivity index (χ1n) is 7.74. The van der Waals surface area contributed by atoms with Crippen molar-refractivity contribution in [3.8, 4) is 5.75 Å². The van der Waals surface area contributed by atoms with Gasteiger partial charge in [-0.3, -0.25) is 9.59 Å². The van der Waals surface area contributed by atoms with Crippen LogP contribution < -0.4 is 10.5 Å². The van der Waals surface area contributed by atoms with Gasteiger partial charge in [0.15, 0.2) is 0 Å². The topological polar surface area (TPSA) is 98.4 Å². The lowest BCUT2D eigenvalue weighted by Crippen LogP contribution is -2.37. The van der Waals surface area contributed by atoms with E-state index in [1.54, 1.807) is 11.0 Å². The summed E-state index contributed by atoms with van der Waals surface area (Å²) in [5, 5.41) is 0. The molecule has 1 radical (unpaired) electrons. The summed E-state index contributed by atoms with van der Waals surface area (Å²) in [6.45, 7) is 1.54. The fourth-order valence-electron chi connectivity index (χ4n) is 3.03. The lowest BCUT2D eigenvalue weighted by Gasteiger charge is -2.28. The van der Waals surface area contributed by atoms with Crippen molar-refractivity contribution in [3.05, 3.63) is 52.6 Å². The van der Waals surface area contributed by atoms with Gasteiger partial charge in [-0.25, -0.2) is 9.97 Å². The number of fused-ring (bicyclic) bond motifs is 2. The number of amides is 2. The molecule has 0 fully saturated rings. The van der Waals surface area contributed by atoms with E-state index in [4.69, 9.17) is 10.5 Å². The van der Waals surface area contributed by atoms with E-state index in [1.165, 1.54) is 0 Å². The van der Waals surface area contributed by atoms with Crippen LogP contribution in [0.25, 0.3) is 0 Å². The maximum Gasteiger partial charge on any atom is 0.286 e. The van der Waals surface area contributed by atoms with Crippen LogP contribution in [0.3, 0.4) is 0 Å². The number of ether oxygens (including phenoxy) is 1. The molecule has 121 valence electrons. The van der Waals surface area contributed by atoms with Crippen LogP contribution in [-0.2, 0) is 19.4 Å². The maximum atomic E-state index is 12.8. The first-order chi connectivity index (χ1) is 11.6. The molecule has 1 aromatic heterocycles. The van der Waals surface area contributed by atoms with E-state index in [0.29, 0.717) is 37.4 Å². The molecule has 2 aliphatic heterocycles. The summed E-state index contributed by atoms with van der Waals surface area (Å²) in [7, 11) is 0. The molecule has 0 spiro atoms. The predicted molar refractivity (Wildman–Crippen MR) is 83.5 cm³/mol. The molecule has 2 amide bonds. The Morgan fingerprint density at radius 2 is 2.17 bits per heavy atom. The Morgan fingerprint density at radius 3 is 3.00 bits per heavy atom. The van der Waals surface area contributed by atoms with Crippen LogP contribution in [0.2, 0.25) is 0 Å². The Hall–Kier alpha value is -2.96. The first kappa shape index (κ1) is 14.6. The quantitative estimate of drug-likeness (QED) is 0.868. The van der Waals surface area contributed by atoms with Crippen LogP contribution in [-0.4, -0.2) is 39.8 Å². The van der Waals surface area contributed by atoms with Crippen molar-refractivity contribution in [2.45, 2.75) is 19.4 Å². The van der Waals surface area contributed by atoms with Crippen LogP contribution in [0, 0.1) is 6.20 Å². The summed E-state index contributed by atoms with van der Waals surface area (Å²) in [5.74, 6) is 0.0208. The Labute approximate surface area is 138 Å². The Morgan fingerprint density at radius 1 is 1.29 bits per heavy atom. The molecule has 2 N–H and O–H groups in total. The standard InChI is InChI=1S/C17H15N4O3/c18-15(22)16-19-8-12-3-5-21(9-13(12)20-16)17(23)11-1-2-14-10(7-11)4-6-24-14/h1-2,7H,3-6,9H2,(H2,18,22). The molecule has 0 bridgehead atoms. The summed E-state index contributed by atoms with van der Waals surface area (Å²) in [6.07, 6.45) is 4.23. The number of aromatic nitrogens is 2. The van der Waals surface area contributed by atoms with Crippen LogP contribution in [0.1, 0.15) is 37.8 Å². The minimum atomic E-state index is -0.698. The number of nitrogens with two attached hydrogens (primary N) is 1. The number of carbonyl (C=O) groups is 2. The molecular formula is C17H15N4O3. The van der Waals surface area contributed by atoms with E-state index >= 15 is 0 Å². The number of rotatable bonds is 2. The zero-order valence-corrected chi connectivity index (χ0v) is 12.9. The summed E-state index contributed by atoms with van der Waals surface area (Å²) in [4.78, 5) is 33.7. The Kier molecular flexibility index (Phi) is 3.41. The summed E-state index contributed by atoms with van der Waals surface area (Å²) in [5.41, 5.74) is 8.36. The lowest BCUT2D eigenvalue weighted by molar-refractivity contribution is 0.0731. The molecule has 4 rings (SSSR count). The number of primary amides is 1. The van der Waals surface area contributed by atoms with E-state index < -0.39 is 5.91 Å². The zero-order chi connectivity index (χ0) is 16.7. The molecule has 0 saturated heterocycles. The van der Waals surface area contributed by atoms with Crippen molar-refractivity contribution < 1.29 is 14.3 Å². The van der Waals surface area contributed by atoms with E-state index in [-0.39, 0.29) is 11.7 Å². The van der Waals surface area contributed by atoms with Crippen molar-refractivity contribution >= 4 is 11.8 Å². The molecule has 2 aliphatic rings. The van der Waals surface area contributed by atoms with Gasteiger partial charge in [0.1, 0.15) is 5.75 Å². The minimum absolute atomic E-state index is 0.0606. The average molecular weight is 323 g/mol. The fraction of sp³-hybridized carbons (Fsp3) is 0.294. The van der Waals surface area contributed by atoms with E-state index in [2.05, 4.69) is 16.2 Å². The summed E-state index contributed by atoms with van der Waals surface area (Å²) < 4.78 is 5.47. The second-order valence-corrected chi connectivity index (χ2v) is 5.85. The third kappa shape index (κ3) is 2.47. The molecule has 0 saturated carbocycles. The highest BCUT2D eigenvalue weighted by molar-refractivity contribution is 5.95. The number of hydrogen-bond donors (Lipinski definition) is 1. The Bertz CT molecular complexity index is 850. The van der Waals surface area contributed by atoms with E-state index in [1.807, 2.05) is 12.1 Å². The highest BCUT2D eigenvalue weighted by atomic mass is 16.5. The van der Waals surface area contributed by atoms with Crippen LogP contribution >= 0.6 is 0 Å². The maximum absolute atomic E-state index is 12.8. The molecule has 0 aliphatic carbocycles. The van der Waals surface area contributed by atoms with Crippen molar-refractivity contribution in [3.63, 3.8) is 0 Å². The molecule has 2 aromatic rings. The first-order valence-corrected chi connectivity index (χ1v) is 7.74. The van der Waals surface area contributed by atoms with Crippen LogP contribution in [0.5, 0.6) is 5.75 Å². The highest BCUT2D eigenvalue weighted by Crippen LogP contribution is 2.27. The van der Waals surface area contributed by atoms with Crippen molar-refractivity contribution in [2.24, 2.45) is 5.73 Å². The van der Waals surface area contributed by atoms with Gasteiger partial charge >= 0.3 is 0 Å². The van der Waals surface area contributed by atoms with Crippen molar-refractivity contribution in [1.29, 1.82) is 0 Å². The second kappa shape index (κ2) is 5.59. The fourth-order valence-corrected chi connectivity index (χ4v) is 3.03. The number of benzene rings is 1.